The lowest BCUT2D eigenvalue weighted by atomic mass is 10.1. The molecule has 2 saturated heterocycles. The third kappa shape index (κ3) is 5.53. The molecule has 2 fully saturated rings. The number of nitrogens with zero attached hydrogens (tertiary/aromatic N) is 5. The molecule has 1 aromatic carbocycles. The average molecular weight is 500 g/mol. The average Bonchev–Trinajstić information content (AvgIpc) is 2.87. The molecule has 0 aliphatic carbocycles. The van der Waals surface area contributed by atoms with E-state index in [4.69, 9.17) is 19.2 Å². The predicted molar refractivity (Wildman–Crippen MR) is 132 cm³/mol. The predicted octanol–water partition coefficient (Wildman–Crippen LogP) is 1.96. The molecule has 11 heteroatoms. The molecule has 5 rings (SSSR count). The van der Waals surface area contributed by atoms with Crippen LogP contribution in [-0.2, 0) is 19.5 Å². The summed E-state index contributed by atoms with van der Waals surface area (Å²) >= 11 is 0. The molecule has 0 bridgehead atoms. The van der Waals surface area contributed by atoms with Gasteiger partial charge in [0.15, 0.2) is 5.52 Å². The summed E-state index contributed by atoms with van der Waals surface area (Å²) in [7, 11) is -3.28. The van der Waals surface area contributed by atoms with E-state index >= 15 is 0 Å². The van der Waals surface area contributed by atoms with E-state index in [0.717, 1.165) is 36.6 Å². The summed E-state index contributed by atoms with van der Waals surface area (Å²) in [5, 5.41) is 0. The van der Waals surface area contributed by atoms with Gasteiger partial charge in [-0.3, -0.25) is 4.98 Å². The summed E-state index contributed by atoms with van der Waals surface area (Å²) in [6.07, 6.45) is 4.24. The van der Waals surface area contributed by atoms with E-state index in [9.17, 15) is 8.42 Å². The van der Waals surface area contributed by atoms with E-state index in [0.29, 0.717) is 30.1 Å². The summed E-state index contributed by atoms with van der Waals surface area (Å²) < 4.78 is 42.6. The number of anilines is 1. The Balaban J connectivity index is 1.37. The molecule has 3 aromatic rings. The van der Waals surface area contributed by atoms with Crippen molar-refractivity contribution in [2.75, 3.05) is 57.2 Å². The van der Waals surface area contributed by atoms with Crippen molar-refractivity contribution in [3.63, 3.8) is 0 Å². The molecule has 0 N–H and O–H groups in total. The number of ether oxygens (including phenoxy) is 3. The first kappa shape index (κ1) is 23.9. The van der Waals surface area contributed by atoms with Crippen molar-refractivity contribution < 1.29 is 22.6 Å². The fourth-order valence-corrected chi connectivity index (χ4v) is 5.20. The van der Waals surface area contributed by atoms with Crippen molar-refractivity contribution in [2.45, 2.75) is 19.1 Å². The molecule has 10 nitrogen and oxygen atoms in total. The first-order valence-corrected chi connectivity index (χ1v) is 13.5. The second-order valence-corrected chi connectivity index (χ2v) is 10.8. The molecule has 0 amide bonds. The number of hydrogen-bond acceptors (Lipinski definition) is 9. The zero-order valence-corrected chi connectivity index (χ0v) is 20.6. The number of sulfonamides is 1. The van der Waals surface area contributed by atoms with Gasteiger partial charge in [0.2, 0.25) is 15.9 Å². The molecule has 4 heterocycles. The van der Waals surface area contributed by atoms with Crippen LogP contribution >= 0.6 is 0 Å². The number of hydrogen-bond donors (Lipinski definition) is 0. The van der Waals surface area contributed by atoms with Gasteiger partial charge in [0.05, 0.1) is 36.8 Å². The van der Waals surface area contributed by atoms with Crippen LogP contribution in [0, 0.1) is 0 Å². The number of fused-ring (bicyclic) bond motifs is 1. The molecule has 2 aliphatic rings. The van der Waals surface area contributed by atoms with Gasteiger partial charge in [-0.15, -0.1) is 0 Å². The molecule has 35 heavy (non-hydrogen) atoms. The lowest BCUT2D eigenvalue weighted by Gasteiger charge is -2.33. The molecule has 2 aromatic heterocycles. The van der Waals surface area contributed by atoms with Crippen molar-refractivity contribution in [3.8, 4) is 17.1 Å². The summed E-state index contributed by atoms with van der Waals surface area (Å²) in [6.45, 7) is 5.60. The topological polar surface area (TPSA) is 107 Å². The number of benzene rings is 1. The fourth-order valence-electron chi connectivity index (χ4n) is 4.35. The quantitative estimate of drug-likeness (QED) is 0.503. The van der Waals surface area contributed by atoms with E-state index in [1.165, 1.54) is 10.6 Å². The van der Waals surface area contributed by atoms with Crippen molar-refractivity contribution in [3.05, 3.63) is 42.7 Å². The van der Waals surface area contributed by atoms with Gasteiger partial charge >= 0.3 is 0 Å². The fraction of sp³-hybridized carbons (Fsp3) is 0.458. The van der Waals surface area contributed by atoms with Gasteiger partial charge in [0.1, 0.15) is 12.7 Å². The molecule has 0 radical (unpaired) electrons. The van der Waals surface area contributed by atoms with Gasteiger partial charge in [0, 0.05) is 49.8 Å². The smallest absolute Gasteiger partial charge is 0.242 e. The van der Waals surface area contributed by atoms with Crippen molar-refractivity contribution in [1.82, 2.24) is 19.3 Å². The van der Waals surface area contributed by atoms with Gasteiger partial charge in [-0.1, -0.05) is 12.1 Å². The Labute approximate surface area is 204 Å². The summed E-state index contributed by atoms with van der Waals surface area (Å²) in [5.74, 6) is 0.344. The van der Waals surface area contributed by atoms with E-state index < -0.39 is 16.1 Å². The van der Waals surface area contributed by atoms with Crippen LogP contribution < -0.4 is 9.64 Å². The summed E-state index contributed by atoms with van der Waals surface area (Å²) in [6, 6.07) is 10.2. The monoisotopic (exact) mass is 499 g/mol. The summed E-state index contributed by atoms with van der Waals surface area (Å²) in [5.41, 5.74) is 4.01. The van der Waals surface area contributed by atoms with Crippen LogP contribution in [-0.4, -0.2) is 92.1 Å². The SMILES string of the molecule is CC1CN(c2ccc(-c3cc4nccnc4c(OCC4CN(S(C)(=O)=O)CCO4)n3)cc2)CCO1. The summed E-state index contributed by atoms with van der Waals surface area (Å²) in [4.78, 5) is 15.9. The lowest BCUT2D eigenvalue weighted by Crippen LogP contribution is -2.47. The maximum atomic E-state index is 11.9. The highest BCUT2D eigenvalue weighted by Gasteiger charge is 2.27. The number of pyridine rings is 1. The van der Waals surface area contributed by atoms with Crippen LogP contribution in [0.15, 0.2) is 42.7 Å². The highest BCUT2D eigenvalue weighted by atomic mass is 32.2. The number of aromatic nitrogens is 3. The van der Waals surface area contributed by atoms with Gasteiger partial charge in [-0.2, -0.15) is 4.31 Å². The second kappa shape index (κ2) is 10.0. The van der Waals surface area contributed by atoms with Crippen molar-refractivity contribution >= 4 is 26.7 Å². The third-order valence-electron chi connectivity index (χ3n) is 6.17. The molecule has 2 atom stereocenters. The van der Waals surface area contributed by atoms with Crippen LogP contribution in [0.5, 0.6) is 5.88 Å². The second-order valence-electron chi connectivity index (χ2n) is 8.84. The Morgan fingerprint density at radius 3 is 2.60 bits per heavy atom. The highest BCUT2D eigenvalue weighted by molar-refractivity contribution is 7.88. The molecule has 186 valence electrons. The maximum Gasteiger partial charge on any atom is 0.242 e. The van der Waals surface area contributed by atoms with Gasteiger partial charge in [-0.05, 0) is 25.1 Å². The van der Waals surface area contributed by atoms with E-state index in [1.807, 2.05) is 18.2 Å². The molecule has 0 saturated carbocycles. The molecule has 2 aliphatic heterocycles. The van der Waals surface area contributed by atoms with Crippen LogP contribution in [0.25, 0.3) is 22.3 Å². The van der Waals surface area contributed by atoms with Crippen molar-refractivity contribution in [1.29, 1.82) is 0 Å². The number of rotatable bonds is 6. The normalized spacial score (nSPS) is 21.8. The Kier molecular flexibility index (Phi) is 6.83. The highest BCUT2D eigenvalue weighted by Crippen LogP contribution is 2.29. The Bertz CT molecular complexity index is 1290. The Morgan fingerprint density at radius 1 is 1.06 bits per heavy atom. The van der Waals surface area contributed by atoms with Crippen LogP contribution in [0.4, 0.5) is 5.69 Å². The molecular weight excluding hydrogens is 470 g/mol. The zero-order valence-electron chi connectivity index (χ0n) is 19.8. The zero-order chi connectivity index (χ0) is 24.4. The standard InChI is InChI=1S/C24H29N5O5S/c1-17-14-28(9-11-32-17)19-5-3-18(4-6-19)21-13-22-23(26-8-7-25-22)24(27-21)34-16-20-15-29(10-12-33-20)35(2,30)31/h3-8,13,17,20H,9-12,14-16H2,1-2H3. The first-order chi connectivity index (χ1) is 16.9. The Morgan fingerprint density at radius 2 is 1.83 bits per heavy atom. The largest absolute Gasteiger partial charge is 0.473 e. The van der Waals surface area contributed by atoms with Gasteiger partial charge in [0.25, 0.3) is 0 Å². The van der Waals surface area contributed by atoms with E-state index in [2.05, 4.69) is 33.9 Å². The Hall–Kier alpha value is -2.86. The molecule has 2 unspecified atom stereocenters. The van der Waals surface area contributed by atoms with Crippen molar-refractivity contribution in [2.24, 2.45) is 0 Å². The minimum absolute atomic E-state index is 0.155. The van der Waals surface area contributed by atoms with Crippen LogP contribution in [0.2, 0.25) is 0 Å². The van der Waals surface area contributed by atoms with Crippen LogP contribution in [0.3, 0.4) is 0 Å². The molecule has 0 spiro atoms. The van der Waals surface area contributed by atoms with E-state index in [-0.39, 0.29) is 19.3 Å². The maximum absolute atomic E-state index is 11.9. The van der Waals surface area contributed by atoms with Crippen LogP contribution in [0.1, 0.15) is 6.92 Å². The van der Waals surface area contributed by atoms with Gasteiger partial charge < -0.3 is 19.1 Å². The number of morpholine rings is 2. The first-order valence-electron chi connectivity index (χ1n) is 11.6. The van der Waals surface area contributed by atoms with Gasteiger partial charge in [-0.25, -0.2) is 18.4 Å². The third-order valence-corrected chi connectivity index (χ3v) is 7.44. The minimum Gasteiger partial charge on any atom is -0.473 e. The molecular formula is C24H29N5O5S. The van der Waals surface area contributed by atoms with E-state index in [1.54, 1.807) is 12.4 Å². The minimum atomic E-state index is -3.28. The lowest BCUT2D eigenvalue weighted by molar-refractivity contribution is -0.0252.